The molecule has 140 valence electrons. The molecule has 0 heterocycles. The summed E-state index contributed by atoms with van der Waals surface area (Å²) in [5.41, 5.74) is 0. The van der Waals surface area contributed by atoms with Gasteiger partial charge in [0.25, 0.3) is 0 Å². The predicted octanol–water partition coefficient (Wildman–Crippen LogP) is -3.90. The van der Waals surface area contributed by atoms with E-state index in [0.717, 1.165) is 0 Å². The smallest absolute Gasteiger partial charge is 0.367 e. The average Bonchev–Trinajstić information content (AvgIpc) is 2.48. The molecule has 0 aromatic carbocycles. The maximum atomic E-state index is 8.38. The third-order valence-corrected chi connectivity index (χ3v) is 4.79. The molecule has 17 heteroatoms. The molecule has 0 saturated heterocycles. The summed E-state index contributed by atoms with van der Waals surface area (Å²) in [6, 6.07) is 0. The van der Waals surface area contributed by atoms with E-state index < -0.39 is 27.1 Å². The number of hydrogen-bond donors (Lipinski definition) is 6. The first-order valence-corrected chi connectivity index (χ1v) is 10.1. The van der Waals surface area contributed by atoms with Gasteiger partial charge in [0.05, 0.1) is 0 Å². The summed E-state index contributed by atoms with van der Waals surface area (Å²) in [4.78, 5) is 50.3. The van der Waals surface area contributed by atoms with Gasteiger partial charge in [0.2, 0.25) is 0 Å². The van der Waals surface area contributed by atoms with Gasteiger partial charge < -0.3 is 55.3 Å². The summed E-state index contributed by atoms with van der Waals surface area (Å²) < 4.78 is 24.7. The SMILES string of the molecule is CO[Si](O)(O)OC.CO[Si](O)(O)OC.CO[Si](O)(O)OC.[Ce].[Ce]. The van der Waals surface area contributed by atoms with Crippen LogP contribution in [0.4, 0.5) is 0 Å². The zero-order chi connectivity index (χ0) is 17.7. The Bertz CT molecular complexity index is 191. The maximum absolute atomic E-state index is 8.38. The van der Waals surface area contributed by atoms with Crippen molar-refractivity contribution < 1.29 is 139 Å². The second kappa shape index (κ2) is 19.7. The molecule has 6 N–H and O–H groups in total. The molecule has 23 heavy (non-hydrogen) atoms. The monoisotopic (exact) mass is 652 g/mol. The van der Waals surface area contributed by atoms with Crippen molar-refractivity contribution in [1.82, 2.24) is 0 Å². The van der Waals surface area contributed by atoms with Gasteiger partial charge in [-0.2, -0.15) is 0 Å². The molecule has 0 aliphatic carbocycles. The van der Waals surface area contributed by atoms with Gasteiger partial charge in [-0.25, -0.2) is 0 Å². The molecule has 0 amide bonds. The van der Waals surface area contributed by atoms with Crippen molar-refractivity contribution in [3.63, 3.8) is 0 Å². The van der Waals surface area contributed by atoms with Gasteiger partial charge in [0.1, 0.15) is 0 Å². The molecule has 0 aliphatic heterocycles. The van der Waals surface area contributed by atoms with Crippen molar-refractivity contribution in [3.05, 3.63) is 0 Å². The van der Waals surface area contributed by atoms with Gasteiger partial charge in [-0.15, -0.1) is 0 Å². The van der Waals surface area contributed by atoms with Crippen molar-refractivity contribution in [3.8, 4) is 0 Å². The van der Waals surface area contributed by atoms with E-state index in [4.69, 9.17) is 28.8 Å². The minimum atomic E-state index is -3.65. The Kier molecular flexibility index (Phi) is 31.5. The van der Waals surface area contributed by atoms with Crippen LogP contribution in [0.2, 0.25) is 0 Å². The quantitative estimate of drug-likeness (QED) is 0.154. The van der Waals surface area contributed by atoms with Crippen LogP contribution < -0.4 is 0 Å². The van der Waals surface area contributed by atoms with Crippen LogP contribution in [0.15, 0.2) is 0 Å². The molecule has 0 saturated carbocycles. The van der Waals surface area contributed by atoms with E-state index in [9.17, 15) is 0 Å². The van der Waals surface area contributed by atoms with E-state index in [1.807, 2.05) is 0 Å². The molecule has 0 aromatic rings. The predicted molar refractivity (Wildman–Crippen MR) is 72.6 cm³/mol. The zero-order valence-electron chi connectivity index (χ0n) is 13.6. The fraction of sp³-hybridized carbons (Fsp3) is 1.00. The van der Waals surface area contributed by atoms with Gasteiger partial charge in [0, 0.05) is 126 Å². The van der Waals surface area contributed by atoms with Crippen LogP contribution in [0.1, 0.15) is 0 Å². The minimum Gasteiger partial charge on any atom is -0.367 e. The van der Waals surface area contributed by atoms with E-state index in [1.165, 1.54) is 42.7 Å². The summed E-state index contributed by atoms with van der Waals surface area (Å²) in [6.07, 6.45) is 0. The second-order valence-electron chi connectivity index (χ2n) is 2.87. The van der Waals surface area contributed by atoms with Crippen LogP contribution in [0, 0.1) is 83.5 Å². The fourth-order valence-corrected chi connectivity index (χ4v) is 0.750. The Labute approximate surface area is 205 Å². The van der Waals surface area contributed by atoms with E-state index >= 15 is 0 Å². The van der Waals surface area contributed by atoms with Crippen LogP contribution in [-0.2, 0) is 26.6 Å². The number of hydrogen-bond acceptors (Lipinski definition) is 12. The van der Waals surface area contributed by atoms with Crippen molar-refractivity contribution in [1.29, 1.82) is 0 Å². The summed E-state index contributed by atoms with van der Waals surface area (Å²) in [6.45, 7) is 0. The van der Waals surface area contributed by atoms with Gasteiger partial charge in [-0.3, -0.25) is 0 Å². The molecule has 0 fully saturated rings. The Morgan fingerprint density at radius 1 is 0.391 bits per heavy atom. The molecule has 0 unspecified atom stereocenters. The van der Waals surface area contributed by atoms with Crippen molar-refractivity contribution in [2.24, 2.45) is 0 Å². The Morgan fingerprint density at radius 3 is 0.478 bits per heavy atom. The molecule has 0 radical (unpaired) electrons. The Hall–Kier alpha value is 2.92. The van der Waals surface area contributed by atoms with E-state index in [1.54, 1.807) is 0 Å². The molecular weight excluding hydrogens is 629 g/mol. The second-order valence-corrected chi connectivity index (χ2v) is 8.61. The van der Waals surface area contributed by atoms with Crippen LogP contribution >= 0.6 is 0 Å². The Morgan fingerprint density at radius 2 is 0.478 bits per heavy atom. The van der Waals surface area contributed by atoms with Crippen LogP contribution in [0.3, 0.4) is 0 Å². The average molecular weight is 653 g/mol. The van der Waals surface area contributed by atoms with E-state index in [-0.39, 0.29) is 83.5 Å². The zero-order valence-corrected chi connectivity index (χ0v) is 22.9. The van der Waals surface area contributed by atoms with E-state index in [0.29, 0.717) is 0 Å². The first-order chi connectivity index (χ1) is 9.36. The molecule has 0 bridgehead atoms. The summed E-state index contributed by atoms with van der Waals surface area (Å²) >= 11 is 0. The maximum Gasteiger partial charge on any atom is 0.673 e. The summed E-state index contributed by atoms with van der Waals surface area (Å²) in [5, 5.41) is 0. The van der Waals surface area contributed by atoms with Crippen molar-refractivity contribution >= 4 is 27.1 Å². The van der Waals surface area contributed by atoms with Crippen LogP contribution in [0.25, 0.3) is 0 Å². The van der Waals surface area contributed by atoms with Gasteiger partial charge in [0.15, 0.2) is 0 Å². The van der Waals surface area contributed by atoms with Crippen molar-refractivity contribution in [2.75, 3.05) is 42.7 Å². The van der Waals surface area contributed by atoms with Crippen molar-refractivity contribution in [2.45, 2.75) is 0 Å². The molecule has 0 atom stereocenters. The third-order valence-electron chi connectivity index (χ3n) is 1.60. The molecule has 0 rings (SSSR count). The van der Waals surface area contributed by atoms with E-state index in [2.05, 4.69) is 26.6 Å². The standard InChI is InChI=1S/3C2H8O4Si.2Ce/c3*1-5-7(3,4)6-2;;/h3*3-4H,1-2H3;;. The van der Waals surface area contributed by atoms with Gasteiger partial charge in [-0.05, 0) is 0 Å². The van der Waals surface area contributed by atoms with Crippen LogP contribution in [-0.4, -0.2) is 98.6 Å². The first-order valence-electron chi connectivity index (χ1n) is 5.02. The molecule has 0 spiro atoms. The summed E-state index contributed by atoms with van der Waals surface area (Å²) in [7, 11) is -3.90. The van der Waals surface area contributed by atoms with Gasteiger partial charge >= 0.3 is 27.1 Å². The van der Waals surface area contributed by atoms with Gasteiger partial charge in [-0.1, -0.05) is 0 Å². The fourth-order valence-electron chi connectivity index (χ4n) is 0.250. The topological polar surface area (TPSA) is 177 Å². The molecule has 12 nitrogen and oxygen atoms in total. The summed E-state index contributed by atoms with van der Waals surface area (Å²) in [5.74, 6) is 0. The normalized spacial score (nSPS) is 11.0. The molecular formula is C6H24Ce2O12Si3. The first kappa shape index (κ1) is 36.8. The van der Waals surface area contributed by atoms with Crippen LogP contribution in [0.5, 0.6) is 0 Å². The number of rotatable bonds is 6. The molecule has 0 aromatic heterocycles. The molecule has 0 aliphatic rings. The largest absolute Gasteiger partial charge is 0.673 e. The Balaban J connectivity index is -0.0000000675. The minimum absolute atomic E-state index is 0. The third kappa shape index (κ3) is 29.9.